The number of carbonyl (C=O) groups excluding carboxylic acids is 1. The Morgan fingerprint density at radius 3 is 3.00 bits per heavy atom. The van der Waals surface area contributed by atoms with Gasteiger partial charge in [0, 0.05) is 44.6 Å². The van der Waals surface area contributed by atoms with Gasteiger partial charge in [0.1, 0.15) is 0 Å². The van der Waals surface area contributed by atoms with Crippen LogP contribution in [0.4, 0.5) is 16.2 Å². The quantitative estimate of drug-likeness (QED) is 0.755. The zero-order valence-electron chi connectivity index (χ0n) is 10.0. The van der Waals surface area contributed by atoms with Crippen molar-refractivity contribution in [2.45, 2.75) is 0 Å². The third kappa shape index (κ3) is 2.81. The molecule has 1 aliphatic heterocycles. The van der Waals surface area contributed by atoms with Crippen molar-refractivity contribution in [3.63, 3.8) is 0 Å². The molecule has 0 saturated carbocycles. The summed E-state index contributed by atoms with van der Waals surface area (Å²) in [5.41, 5.74) is 7.57. The molecule has 17 heavy (non-hydrogen) atoms. The molecular weight excluding hydrogens is 216 g/mol. The average molecular weight is 234 g/mol. The van der Waals surface area contributed by atoms with Gasteiger partial charge in [-0.1, -0.05) is 6.07 Å². The Labute approximate surface area is 101 Å². The number of anilines is 2. The Kier molecular flexibility index (Phi) is 3.37. The fraction of sp³-hybridized carbons (Fsp3) is 0.417. The van der Waals surface area contributed by atoms with E-state index in [-0.39, 0.29) is 6.03 Å². The Balaban J connectivity index is 1.88. The van der Waals surface area contributed by atoms with Crippen LogP contribution in [0.5, 0.6) is 0 Å². The highest BCUT2D eigenvalue weighted by Gasteiger charge is 2.19. The molecule has 1 aromatic rings. The van der Waals surface area contributed by atoms with E-state index >= 15 is 0 Å². The summed E-state index contributed by atoms with van der Waals surface area (Å²) in [6.07, 6.45) is 0. The van der Waals surface area contributed by atoms with Crippen LogP contribution in [0.25, 0.3) is 0 Å². The molecule has 5 nitrogen and oxygen atoms in total. The van der Waals surface area contributed by atoms with Crippen LogP contribution < -0.4 is 16.0 Å². The third-order valence-corrected chi connectivity index (χ3v) is 2.96. The molecule has 1 heterocycles. The first-order valence-corrected chi connectivity index (χ1v) is 5.76. The first-order valence-electron chi connectivity index (χ1n) is 5.76. The van der Waals surface area contributed by atoms with E-state index < -0.39 is 0 Å². The van der Waals surface area contributed by atoms with Gasteiger partial charge in [-0.3, -0.25) is 0 Å². The molecule has 3 N–H and O–H groups in total. The summed E-state index contributed by atoms with van der Waals surface area (Å²) in [5.74, 6) is 0. The normalized spacial score (nSPS) is 14.9. The van der Waals surface area contributed by atoms with Crippen molar-refractivity contribution in [3.8, 4) is 0 Å². The van der Waals surface area contributed by atoms with Crippen LogP contribution in [-0.2, 0) is 0 Å². The largest absolute Gasteiger partial charge is 0.399 e. The molecular formula is C12H18N4O. The highest BCUT2D eigenvalue weighted by atomic mass is 16.2. The monoisotopic (exact) mass is 234 g/mol. The molecule has 0 unspecified atom stereocenters. The van der Waals surface area contributed by atoms with E-state index in [1.807, 2.05) is 36.2 Å². The van der Waals surface area contributed by atoms with Gasteiger partial charge in [-0.15, -0.1) is 0 Å². The molecule has 2 amide bonds. The molecule has 0 atom stereocenters. The highest BCUT2D eigenvalue weighted by Crippen LogP contribution is 2.15. The summed E-state index contributed by atoms with van der Waals surface area (Å²) >= 11 is 0. The molecule has 0 aromatic heterocycles. The second kappa shape index (κ2) is 4.95. The van der Waals surface area contributed by atoms with Crippen molar-refractivity contribution in [1.29, 1.82) is 0 Å². The van der Waals surface area contributed by atoms with Crippen molar-refractivity contribution in [1.82, 2.24) is 10.2 Å². The summed E-state index contributed by atoms with van der Waals surface area (Å²) in [4.78, 5) is 15.3. The highest BCUT2D eigenvalue weighted by molar-refractivity contribution is 5.76. The summed E-state index contributed by atoms with van der Waals surface area (Å²) in [6.45, 7) is 3.08. The Bertz CT molecular complexity index is 407. The third-order valence-electron chi connectivity index (χ3n) is 2.96. The number of hydrogen-bond donors (Lipinski definition) is 2. The second-order valence-electron chi connectivity index (χ2n) is 4.24. The molecule has 92 valence electrons. The second-order valence-corrected chi connectivity index (χ2v) is 4.24. The first-order chi connectivity index (χ1) is 8.16. The number of hydrogen-bond acceptors (Lipinski definition) is 3. The fourth-order valence-electron chi connectivity index (χ4n) is 1.89. The zero-order valence-corrected chi connectivity index (χ0v) is 10.0. The van der Waals surface area contributed by atoms with Crippen molar-refractivity contribution in [2.24, 2.45) is 0 Å². The Hall–Kier alpha value is -1.91. The van der Waals surface area contributed by atoms with Gasteiger partial charge < -0.3 is 20.9 Å². The van der Waals surface area contributed by atoms with E-state index in [1.165, 1.54) is 0 Å². The molecule has 0 bridgehead atoms. The van der Waals surface area contributed by atoms with Gasteiger partial charge in [0.15, 0.2) is 0 Å². The van der Waals surface area contributed by atoms with E-state index in [9.17, 15) is 4.79 Å². The lowest BCUT2D eigenvalue weighted by Crippen LogP contribution is -2.35. The van der Waals surface area contributed by atoms with E-state index in [0.29, 0.717) is 0 Å². The number of carbonyl (C=O) groups is 1. The molecule has 1 saturated heterocycles. The summed E-state index contributed by atoms with van der Waals surface area (Å²) in [5, 5.41) is 2.79. The first kappa shape index (κ1) is 11.6. The van der Waals surface area contributed by atoms with Gasteiger partial charge in [0.25, 0.3) is 0 Å². The fourth-order valence-corrected chi connectivity index (χ4v) is 1.89. The molecule has 0 aliphatic carbocycles. The lowest BCUT2D eigenvalue weighted by Gasteiger charge is -2.23. The SMILES string of the molecule is CN(CCN1CCNC1=O)c1cccc(N)c1. The van der Waals surface area contributed by atoms with E-state index in [1.54, 1.807) is 0 Å². The van der Waals surface area contributed by atoms with Crippen molar-refractivity contribution in [2.75, 3.05) is 43.9 Å². The van der Waals surface area contributed by atoms with E-state index in [4.69, 9.17) is 5.73 Å². The van der Waals surface area contributed by atoms with Crippen molar-refractivity contribution >= 4 is 17.4 Å². The molecule has 2 rings (SSSR count). The maximum atomic E-state index is 11.4. The number of nitrogens with one attached hydrogen (secondary N) is 1. The van der Waals surface area contributed by atoms with Crippen LogP contribution in [0.2, 0.25) is 0 Å². The maximum Gasteiger partial charge on any atom is 0.317 e. The minimum absolute atomic E-state index is 0.0333. The van der Waals surface area contributed by atoms with Crippen LogP contribution in [0.3, 0.4) is 0 Å². The number of likely N-dealkylation sites (N-methyl/N-ethyl adjacent to an activating group) is 1. The van der Waals surface area contributed by atoms with Crippen LogP contribution in [0.15, 0.2) is 24.3 Å². The van der Waals surface area contributed by atoms with Crippen molar-refractivity contribution in [3.05, 3.63) is 24.3 Å². The lowest BCUT2D eigenvalue weighted by atomic mass is 10.2. The summed E-state index contributed by atoms with van der Waals surface area (Å²) in [7, 11) is 2.00. The molecule has 1 fully saturated rings. The van der Waals surface area contributed by atoms with Gasteiger partial charge in [-0.25, -0.2) is 4.79 Å². The number of nitrogens with two attached hydrogens (primary N) is 1. The molecule has 0 radical (unpaired) electrons. The Morgan fingerprint density at radius 1 is 1.53 bits per heavy atom. The van der Waals surface area contributed by atoms with Crippen LogP contribution in [0, 0.1) is 0 Å². The number of rotatable bonds is 4. The number of nitrogen functional groups attached to an aromatic ring is 1. The van der Waals surface area contributed by atoms with Crippen LogP contribution in [-0.4, -0.2) is 44.2 Å². The molecule has 5 heteroatoms. The molecule has 0 spiro atoms. The smallest absolute Gasteiger partial charge is 0.317 e. The predicted molar refractivity (Wildman–Crippen MR) is 69.1 cm³/mol. The Morgan fingerprint density at radius 2 is 2.35 bits per heavy atom. The standard InChI is InChI=1S/C12H18N4O/c1-15(11-4-2-3-10(13)9-11)7-8-16-6-5-14-12(16)17/h2-4,9H,5-8,13H2,1H3,(H,14,17). The summed E-state index contributed by atoms with van der Waals surface area (Å²) < 4.78 is 0. The predicted octanol–water partition coefficient (Wildman–Crippen LogP) is 0.730. The van der Waals surface area contributed by atoms with Gasteiger partial charge in [0.2, 0.25) is 0 Å². The summed E-state index contributed by atoms with van der Waals surface area (Å²) in [6, 6.07) is 7.78. The number of amides is 2. The van der Waals surface area contributed by atoms with Gasteiger partial charge in [-0.2, -0.15) is 0 Å². The molecule has 1 aliphatic rings. The number of benzene rings is 1. The topological polar surface area (TPSA) is 61.6 Å². The minimum Gasteiger partial charge on any atom is -0.399 e. The number of urea groups is 1. The van der Waals surface area contributed by atoms with E-state index in [0.717, 1.165) is 37.6 Å². The minimum atomic E-state index is 0.0333. The van der Waals surface area contributed by atoms with Crippen LogP contribution >= 0.6 is 0 Å². The van der Waals surface area contributed by atoms with E-state index in [2.05, 4.69) is 10.2 Å². The van der Waals surface area contributed by atoms with Gasteiger partial charge in [0.05, 0.1) is 0 Å². The van der Waals surface area contributed by atoms with Gasteiger partial charge >= 0.3 is 6.03 Å². The van der Waals surface area contributed by atoms with Crippen molar-refractivity contribution < 1.29 is 4.79 Å². The zero-order chi connectivity index (χ0) is 12.3. The van der Waals surface area contributed by atoms with Crippen LogP contribution in [0.1, 0.15) is 0 Å². The van der Waals surface area contributed by atoms with Gasteiger partial charge in [-0.05, 0) is 18.2 Å². The molecule has 1 aromatic carbocycles. The maximum absolute atomic E-state index is 11.4. The average Bonchev–Trinajstić information content (AvgIpc) is 2.72. The number of nitrogens with zero attached hydrogens (tertiary/aromatic N) is 2. The lowest BCUT2D eigenvalue weighted by molar-refractivity contribution is 0.218.